The molecule has 1 N–H and O–H groups in total. The first-order valence-corrected chi connectivity index (χ1v) is 6.76. The van der Waals surface area contributed by atoms with Crippen LogP contribution < -0.4 is 0 Å². The van der Waals surface area contributed by atoms with Crippen molar-refractivity contribution < 1.29 is 19.1 Å². The molecule has 6 heteroatoms. The van der Waals surface area contributed by atoms with Gasteiger partial charge in [-0.25, -0.2) is 4.39 Å². The fourth-order valence-electron chi connectivity index (χ4n) is 1.95. The fourth-order valence-corrected chi connectivity index (χ4v) is 2.07. The first kappa shape index (κ1) is 14.8. The maximum absolute atomic E-state index is 13.4. The third kappa shape index (κ3) is 3.28. The summed E-state index contributed by atoms with van der Waals surface area (Å²) < 4.78 is 13.4. The van der Waals surface area contributed by atoms with E-state index in [0.717, 1.165) is 18.9 Å². The lowest BCUT2D eigenvalue weighted by Crippen LogP contribution is -2.38. The third-order valence-corrected chi connectivity index (χ3v) is 3.61. The summed E-state index contributed by atoms with van der Waals surface area (Å²) in [5.74, 6) is -2.61. The van der Waals surface area contributed by atoms with Crippen molar-refractivity contribution in [1.82, 2.24) is 4.90 Å². The van der Waals surface area contributed by atoms with Crippen molar-refractivity contribution in [3.63, 3.8) is 0 Å². The normalized spacial score (nSPS) is 15.8. The van der Waals surface area contributed by atoms with E-state index in [1.165, 1.54) is 17.0 Å². The van der Waals surface area contributed by atoms with Gasteiger partial charge < -0.3 is 10.0 Å². The molecule has 108 valence electrons. The van der Waals surface area contributed by atoms with Gasteiger partial charge >= 0.3 is 5.97 Å². The van der Waals surface area contributed by atoms with Crippen LogP contribution in [0.4, 0.5) is 4.39 Å². The summed E-state index contributed by atoms with van der Waals surface area (Å²) in [5.41, 5.74) is 0.191. The zero-order chi connectivity index (χ0) is 14.9. The van der Waals surface area contributed by atoms with Gasteiger partial charge in [-0.05, 0) is 31.0 Å². The highest BCUT2D eigenvalue weighted by atomic mass is 35.5. The molecule has 0 radical (unpaired) electrons. The second-order valence-electron chi connectivity index (χ2n) is 5.06. The predicted octanol–water partition coefficient (Wildman–Crippen LogP) is 2.80. The Hall–Kier alpha value is -1.62. The van der Waals surface area contributed by atoms with Crippen LogP contribution in [-0.4, -0.2) is 34.5 Å². The van der Waals surface area contributed by atoms with Crippen molar-refractivity contribution in [2.75, 3.05) is 6.54 Å². The minimum atomic E-state index is -0.953. The summed E-state index contributed by atoms with van der Waals surface area (Å²) in [6.45, 7) is 1.68. The number of nitrogens with zero attached hydrogens (tertiary/aromatic N) is 1. The molecular weight excluding hydrogens is 285 g/mol. The van der Waals surface area contributed by atoms with Crippen LogP contribution >= 0.6 is 11.6 Å². The van der Waals surface area contributed by atoms with E-state index in [1.807, 2.05) is 0 Å². The summed E-state index contributed by atoms with van der Waals surface area (Å²) in [4.78, 5) is 24.8. The first-order chi connectivity index (χ1) is 9.40. The minimum Gasteiger partial charge on any atom is -0.481 e. The summed E-state index contributed by atoms with van der Waals surface area (Å²) in [7, 11) is 0. The SMILES string of the molecule is CC(CN(C(=O)c1ccc(Cl)c(F)c1)C1CC1)C(=O)O. The van der Waals surface area contributed by atoms with E-state index in [0.29, 0.717) is 0 Å². The molecule has 1 saturated carbocycles. The molecule has 1 aliphatic rings. The number of hydrogen-bond acceptors (Lipinski definition) is 2. The number of carboxylic acid groups (broad SMARTS) is 1. The van der Waals surface area contributed by atoms with Gasteiger partial charge in [0.25, 0.3) is 5.91 Å². The van der Waals surface area contributed by atoms with Crippen LogP contribution in [0.2, 0.25) is 5.02 Å². The molecule has 0 aliphatic heterocycles. The molecule has 1 aromatic rings. The van der Waals surface area contributed by atoms with Gasteiger partial charge in [-0.15, -0.1) is 0 Å². The van der Waals surface area contributed by atoms with E-state index in [9.17, 15) is 14.0 Å². The molecule has 2 rings (SSSR count). The lowest BCUT2D eigenvalue weighted by Gasteiger charge is -2.24. The highest BCUT2D eigenvalue weighted by molar-refractivity contribution is 6.30. The van der Waals surface area contributed by atoms with Crippen LogP contribution in [0.15, 0.2) is 18.2 Å². The number of carbonyl (C=O) groups excluding carboxylic acids is 1. The number of aliphatic carboxylic acids is 1. The van der Waals surface area contributed by atoms with E-state index in [2.05, 4.69) is 0 Å². The number of halogens is 2. The number of rotatable bonds is 5. The molecule has 0 saturated heterocycles. The Balaban J connectivity index is 2.18. The van der Waals surface area contributed by atoms with E-state index < -0.39 is 17.7 Å². The van der Waals surface area contributed by atoms with Crippen molar-refractivity contribution in [3.8, 4) is 0 Å². The van der Waals surface area contributed by atoms with Crippen LogP contribution in [-0.2, 0) is 4.79 Å². The standard InChI is InChI=1S/C14H15ClFNO3/c1-8(14(19)20)7-17(10-3-4-10)13(18)9-2-5-11(15)12(16)6-9/h2,5-6,8,10H,3-4,7H2,1H3,(H,19,20). The smallest absolute Gasteiger partial charge is 0.308 e. The Bertz CT molecular complexity index is 545. The largest absolute Gasteiger partial charge is 0.481 e. The number of hydrogen-bond donors (Lipinski definition) is 1. The first-order valence-electron chi connectivity index (χ1n) is 6.39. The summed E-state index contributed by atoms with van der Waals surface area (Å²) in [6.07, 6.45) is 1.71. The topological polar surface area (TPSA) is 57.6 Å². The van der Waals surface area contributed by atoms with Crippen LogP contribution in [0.1, 0.15) is 30.1 Å². The lowest BCUT2D eigenvalue weighted by molar-refractivity contribution is -0.141. The van der Waals surface area contributed by atoms with Gasteiger partial charge in [0, 0.05) is 18.2 Å². The van der Waals surface area contributed by atoms with Gasteiger partial charge in [-0.2, -0.15) is 0 Å². The van der Waals surface area contributed by atoms with Gasteiger partial charge in [0.05, 0.1) is 10.9 Å². The maximum atomic E-state index is 13.4. The number of benzene rings is 1. The fraction of sp³-hybridized carbons (Fsp3) is 0.429. The van der Waals surface area contributed by atoms with E-state index in [1.54, 1.807) is 6.92 Å². The number of carbonyl (C=O) groups is 2. The van der Waals surface area contributed by atoms with Crippen molar-refractivity contribution in [2.45, 2.75) is 25.8 Å². The minimum absolute atomic E-state index is 0.0431. The van der Waals surface area contributed by atoms with Gasteiger partial charge in [-0.1, -0.05) is 18.5 Å². The molecular formula is C14H15ClFNO3. The van der Waals surface area contributed by atoms with E-state index in [-0.39, 0.29) is 29.1 Å². The van der Waals surface area contributed by atoms with Crippen molar-refractivity contribution in [3.05, 3.63) is 34.6 Å². The molecule has 1 aliphatic carbocycles. The van der Waals surface area contributed by atoms with Crippen molar-refractivity contribution in [2.24, 2.45) is 5.92 Å². The highest BCUT2D eigenvalue weighted by Crippen LogP contribution is 2.29. The Labute approximate surface area is 121 Å². The zero-order valence-corrected chi connectivity index (χ0v) is 11.7. The average Bonchev–Trinajstić information content (AvgIpc) is 3.22. The van der Waals surface area contributed by atoms with Gasteiger partial charge in [0.15, 0.2) is 0 Å². The molecule has 0 bridgehead atoms. The summed E-state index contributed by atoms with van der Waals surface area (Å²) in [5, 5.41) is 8.91. The van der Waals surface area contributed by atoms with Crippen LogP contribution in [0.25, 0.3) is 0 Å². The lowest BCUT2D eigenvalue weighted by atomic mass is 10.1. The third-order valence-electron chi connectivity index (χ3n) is 3.31. The van der Waals surface area contributed by atoms with Crippen LogP contribution in [0, 0.1) is 11.7 Å². The second-order valence-corrected chi connectivity index (χ2v) is 5.46. The maximum Gasteiger partial charge on any atom is 0.308 e. The van der Waals surface area contributed by atoms with E-state index in [4.69, 9.17) is 16.7 Å². The molecule has 4 nitrogen and oxygen atoms in total. The van der Waals surface area contributed by atoms with Gasteiger partial charge in [0.2, 0.25) is 0 Å². The summed E-state index contributed by atoms with van der Waals surface area (Å²) >= 11 is 5.59. The molecule has 1 atom stereocenters. The molecule has 0 aromatic heterocycles. The quantitative estimate of drug-likeness (QED) is 0.909. The Morgan fingerprint density at radius 3 is 2.65 bits per heavy atom. The van der Waals surface area contributed by atoms with Crippen LogP contribution in [0.5, 0.6) is 0 Å². The molecule has 1 amide bonds. The van der Waals surface area contributed by atoms with Gasteiger partial charge in [0.1, 0.15) is 5.82 Å². The number of amides is 1. The second kappa shape index (κ2) is 5.79. The Morgan fingerprint density at radius 2 is 2.15 bits per heavy atom. The zero-order valence-electron chi connectivity index (χ0n) is 11.0. The molecule has 1 aromatic carbocycles. The Kier molecular flexibility index (Phi) is 4.28. The highest BCUT2D eigenvalue weighted by Gasteiger charge is 2.35. The monoisotopic (exact) mass is 299 g/mol. The van der Waals surface area contributed by atoms with Crippen LogP contribution in [0.3, 0.4) is 0 Å². The predicted molar refractivity (Wildman–Crippen MR) is 72.3 cm³/mol. The Morgan fingerprint density at radius 1 is 1.50 bits per heavy atom. The van der Waals surface area contributed by atoms with E-state index >= 15 is 0 Å². The van der Waals surface area contributed by atoms with Crippen molar-refractivity contribution in [1.29, 1.82) is 0 Å². The molecule has 1 fully saturated rings. The van der Waals surface area contributed by atoms with Crippen molar-refractivity contribution >= 4 is 23.5 Å². The molecule has 20 heavy (non-hydrogen) atoms. The number of carboxylic acids is 1. The molecule has 0 spiro atoms. The molecule has 1 unspecified atom stereocenters. The summed E-state index contributed by atoms with van der Waals surface area (Å²) in [6, 6.07) is 3.93. The molecule has 0 heterocycles. The van der Waals surface area contributed by atoms with Gasteiger partial charge in [-0.3, -0.25) is 9.59 Å². The average molecular weight is 300 g/mol.